The fourth-order valence-electron chi connectivity index (χ4n) is 4.08. The van der Waals surface area contributed by atoms with Crippen molar-refractivity contribution in [1.82, 2.24) is 14.4 Å². The Morgan fingerprint density at radius 2 is 1.71 bits per heavy atom. The molecule has 0 N–H and O–H groups in total. The molecule has 2 aromatic carbocycles. The van der Waals surface area contributed by atoms with Gasteiger partial charge in [-0.05, 0) is 60.9 Å². The molecule has 0 fully saturated rings. The smallest absolute Gasteiger partial charge is 0.496 e. The number of hydrogen-bond acceptors (Lipinski definition) is 4. The highest BCUT2D eigenvalue weighted by Gasteiger charge is 2.30. The quantitative estimate of drug-likeness (QED) is 0.305. The summed E-state index contributed by atoms with van der Waals surface area (Å²) < 4.78 is 48.6. The lowest BCUT2D eigenvalue weighted by atomic mass is 10.1. The van der Waals surface area contributed by atoms with E-state index in [1.165, 1.54) is 12.1 Å². The van der Waals surface area contributed by atoms with E-state index in [2.05, 4.69) is 4.74 Å². The van der Waals surface area contributed by atoms with Crippen LogP contribution in [0.2, 0.25) is 0 Å². The molecule has 3 heterocycles. The predicted molar refractivity (Wildman–Crippen MR) is 123 cm³/mol. The average molecular weight is 463 g/mol. The van der Waals surface area contributed by atoms with Crippen LogP contribution in [-0.2, 0) is 6.42 Å². The minimum absolute atomic E-state index is 0.238. The molecule has 0 aliphatic rings. The Bertz CT molecular complexity index is 1490. The van der Waals surface area contributed by atoms with Gasteiger partial charge in [0.1, 0.15) is 22.8 Å². The van der Waals surface area contributed by atoms with Crippen LogP contribution < -0.4 is 9.47 Å². The van der Waals surface area contributed by atoms with E-state index in [1.54, 1.807) is 19.2 Å². The van der Waals surface area contributed by atoms with Crippen molar-refractivity contribution < 1.29 is 22.6 Å². The maximum Gasteiger partial charge on any atom is 0.573 e. The molecule has 5 aromatic rings. The van der Waals surface area contributed by atoms with Crippen LogP contribution in [0.5, 0.6) is 11.5 Å². The van der Waals surface area contributed by atoms with E-state index in [0.29, 0.717) is 6.42 Å². The molecule has 0 saturated carbocycles. The Labute approximate surface area is 193 Å². The minimum Gasteiger partial charge on any atom is -0.496 e. The van der Waals surface area contributed by atoms with Gasteiger partial charge in [0.2, 0.25) is 0 Å². The minimum atomic E-state index is -4.70. The molecule has 0 spiro atoms. The van der Waals surface area contributed by atoms with Crippen LogP contribution in [0.4, 0.5) is 13.2 Å². The van der Waals surface area contributed by atoms with E-state index in [9.17, 15) is 13.2 Å². The van der Waals surface area contributed by atoms with E-state index < -0.39 is 6.36 Å². The number of benzene rings is 2. The Balaban J connectivity index is 1.45. The summed E-state index contributed by atoms with van der Waals surface area (Å²) in [4.78, 5) is 9.61. The van der Waals surface area contributed by atoms with E-state index in [1.807, 2.05) is 60.1 Å². The van der Waals surface area contributed by atoms with Gasteiger partial charge >= 0.3 is 6.36 Å². The highest BCUT2D eigenvalue weighted by molar-refractivity contribution is 5.89. The lowest BCUT2D eigenvalue weighted by Crippen LogP contribution is -2.17. The van der Waals surface area contributed by atoms with Gasteiger partial charge in [-0.1, -0.05) is 24.3 Å². The zero-order chi connectivity index (χ0) is 23.9. The fourth-order valence-corrected chi connectivity index (χ4v) is 4.08. The van der Waals surface area contributed by atoms with Crippen molar-refractivity contribution in [3.63, 3.8) is 0 Å². The van der Waals surface area contributed by atoms with Crippen LogP contribution >= 0.6 is 0 Å². The number of para-hydroxylation sites is 1. The zero-order valence-electron chi connectivity index (χ0n) is 18.4. The summed E-state index contributed by atoms with van der Waals surface area (Å²) in [5.74, 6) is 0.537. The second-order valence-corrected chi connectivity index (χ2v) is 7.93. The third kappa shape index (κ3) is 4.26. The topological polar surface area (TPSA) is 48.7 Å². The highest BCUT2D eigenvalue weighted by atomic mass is 19.4. The summed E-state index contributed by atoms with van der Waals surface area (Å²) in [6.07, 6.45) is -0.318. The zero-order valence-corrected chi connectivity index (χ0v) is 18.4. The van der Waals surface area contributed by atoms with Crippen molar-refractivity contribution in [2.24, 2.45) is 0 Å². The molecule has 0 saturated heterocycles. The fraction of sp³-hybridized carbons (Fsp3) is 0.154. The molecule has 3 aromatic heterocycles. The number of methoxy groups -OCH3 is 1. The maximum absolute atomic E-state index is 12.4. The number of fused-ring (bicyclic) bond motifs is 2. The van der Waals surface area contributed by atoms with Gasteiger partial charge < -0.3 is 13.9 Å². The number of rotatable bonds is 5. The molecule has 5 nitrogen and oxygen atoms in total. The van der Waals surface area contributed by atoms with Crippen molar-refractivity contribution in [2.45, 2.75) is 19.7 Å². The largest absolute Gasteiger partial charge is 0.573 e. The Morgan fingerprint density at radius 3 is 2.44 bits per heavy atom. The number of pyridine rings is 2. The number of imidazole rings is 1. The summed E-state index contributed by atoms with van der Waals surface area (Å²) in [6.45, 7) is 1.97. The Kier molecular flexibility index (Phi) is 5.36. The number of halogens is 3. The number of alkyl halides is 3. The van der Waals surface area contributed by atoms with Crippen LogP contribution in [0.1, 0.15) is 16.7 Å². The van der Waals surface area contributed by atoms with Crippen LogP contribution in [0.3, 0.4) is 0 Å². The van der Waals surface area contributed by atoms with Crippen molar-refractivity contribution in [3.8, 4) is 22.9 Å². The maximum atomic E-state index is 12.4. The molecule has 5 rings (SSSR count). The molecule has 0 amide bonds. The van der Waals surface area contributed by atoms with Crippen LogP contribution in [0.15, 0.2) is 73.1 Å². The monoisotopic (exact) mass is 463 g/mol. The molecule has 0 aliphatic heterocycles. The molecule has 0 unspecified atom stereocenters. The van der Waals surface area contributed by atoms with Crippen molar-refractivity contribution >= 4 is 16.6 Å². The third-order valence-corrected chi connectivity index (χ3v) is 5.61. The first-order valence-corrected chi connectivity index (χ1v) is 10.6. The van der Waals surface area contributed by atoms with E-state index >= 15 is 0 Å². The van der Waals surface area contributed by atoms with Crippen molar-refractivity contribution in [1.29, 1.82) is 0 Å². The number of hydrogen-bond donors (Lipinski definition) is 0. The lowest BCUT2D eigenvalue weighted by molar-refractivity contribution is -0.274. The molecular formula is C26H20F3N3O2. The van der Waals surface area contributed by atoms with Gasteiger partial charge in [-0.15, -0.1) is 13.2 Å². The van der Waals surface area contributed by atoms with Gasteiger partial charge in [0.05, 0.1) is 18.3 Å². The van der Waals surface area contributed by atoms with E-state index in [-0.39, 0.29) is 5.75 Å². The summed E-state index contributed by atoms with van der Waals surface area (Å²) >= 11 is 0. The molecule has 172 valence electrons. The van der Waals surface area contributed by atoms with Gasteiger partial charge in [0, 0.05) is 23.3 Å². The molecule has 0 atom stereocenters. The van der Waals surface area contributed by atoms with Crippen LogP contribution in [-0.4, -0.2) is 27.8 Å². The van der Waals surface area contributed by atoms with E-state index in [0.717, 1.165) is 50.4 Å². The summed E-state index contributed by atoms with van der Waals surface area (Å²) in [5.41, 5.74) is 5.81. The SMILES string of the molecule is COc1c(C)c(-c2cn3ccc(Cc4ccc(OC(F)(F)F)cc4)cc3n2)nc2ccccc12. The lowest BCUT2D eigenvalue weighted by Gasteiger charge is -2.11. The normalized spacial score (nSPS) is 11.8. The summed E-state index contributed by atoms with van der Waals surface area (Å²) in [7, 11) is 1.65. The van der Waals surface area contributed by atoms with Crippen molar-refractivity contribution in [2.75, 3.05) is 7.11 Å². The molecule has 0 bridgehead atoms. The number of ether oxygens (including phenoxy) is 2. The first-order chi connectivity index (χ1) is 16.3. The van der Waals surface area contributed by atoms with Crippen molar-refractivity contribution in [3.05, 3.63) is 89.7 Å². The number of nitrogens with zero attached hydrogens (tertiary/aromatic N) is 3. The van der Waals surface area contributed by atoms with E-state index in [4.69, 9.17) is 14.7 Å². The Morgan fingerprint density at radius 1 is 0.941 bits per heavy atom. The first-order valence-electron chi connectivity index (χ1n) is 10.6. The van der Waals surface area contributed by atoms with Gasteiger partial charge in [0.15, 0.2) is 0 Å². The van der Waals surface area contributed by atoms with Gasteiger partial charge in [0.25, 0.3) is 0 Å². The van der Waals surface area contributed by atoms with Gasteiger partial charge in [-0.25, -0.2) is 9.97 Å². The molecular weight excluding hydrogens is 443 g/mol. The standard InChI is InChI=1S/C26H20F3N3O2/c1-16-24(31-21-6-4-3-5-20(21)25(16)33-2)22-15-32-12-11-18(14-23(32)30-22)13-17-7-9-19(10-8-17)34-26(27,28)29/h3-12,14-15H,13H2,1-2H3. The van der Waals surface area contributed by atoms with Crippen LogP contribution in [0.25, 0.3) is 27.9 Å². The highest BCUT2D eigenvalue weighted by Crippen LogP contribution is 2.34. The predicted octanol–water partition coefficient (Wildman–Crippen LogP) is 6.36. The third-order valence-electron chi connectivity index (χ3n) is 5.61. The second kappa shape index (κ2) is 8.37. The first kappa shape index (κ1) is 21.8. The average Bonchev–Trinajstić information content (AvgIpc) is 3.22. The van der Waals surface area contributed by atoms with Gasteiger partial charge in [-0.3, -0.25) is 0 Å². The summed E-state index contributed by atoms with van der Waals surface area (Å²) in [5, 5.41) is 0.948. The van der Waals surface area contributed by atoms with Crippen LogP contribution in [0, 0.1) is 6.92 Å². The second-order valence-electron chi connectivity index (χ2n) is 7.93. The molecule has 34 heavy (non-hydrogen) atoms. The number of aromatic nitrogens is 3. The molecule has 0 aliphatic carbocycles. The summed E-state index contributed by atoms with van der Waals surface area (Å²) in [6, 6.07) is 17.6. The Hall–Kier alpha value is -4.07. The van der Waals surface area contributed by atoms with Gasteiger partial charge in [-0.2, -0.15) is 0 Å². The molecule has 8 heteroatoms. The molecule has 0 radical (unpaired) electrons.